The second-order valence-electron chi connectivity index (χ2n) is 6.39. The predicted octanol–water partition coefficient (Wildman–Crippen LogP) is 1.14. The molecule has 4 heterocycles. The average Bonchev–Trinajstić information content (AvgIpc) is 3.34. The number of furan rings is 1. The predicted molar refractivity (Wildman–Crippen MR) is 99.2 cm³/mol. The molecule has 0 fully saturated rings. The van der Waals surface area contributed by atoms with Gasteiger partial charge in [0.1, 0.15) is 5.76 Å². The minimum Gasteiger partial charge on any atom is -0.467 e. The first kappa shape index (κ1) is 17.3. The molecular weight excluding hydrogens is 350 g/mol. The van der Waals surface area contributed by atoms with Crippen LogP contribution in [0.3, 0.4) is 0 Å². The number of ether oxygens (including phenoxy) is 1. The summed E-state index contributed by atoms with van der Waals surface area (Å²) in [6, 6.07) is 3.71. The van der Waals surface area contributed by atoms with Crippen LogP contribution in [-0.2, 0) is 24.9 Å². The van der Waals surface area contributed by atoms with Crippen molar-refractivity contribution in [3.63, 3.8) is 0 Å². The van der Waals surface area contributed by atoms with Gasteiger partial charge >= 0.3 is 5.69 Å². The Bertz CT molecular complexity index is 1220. The van der Waals surface area contributed by atoms with Crippen LogP contribution in [0.1, 0.15) is 18.4 Å². The van der Waals surface area contributed by atoms with E-state index in [1.165, 1.54) is 9.13 Å². The average molecular weight is 371 g/mol. The molecule has 0 saturated heterocycles. The van der Waals surface area contributed by atoms with E-state index in [1.54, 1.807) is 17.7 Å². The Kier molecular flexibility index (Phi) is 4.23. The molecular formula is C18H21N5O4. The van der Waals surface area contributed by atoms with E-state index in [4.69, 9.17) is 9.15 Å². The van der Waals surface area contributed by atoms with Crippen molar-refractivity contribution in [3.8, 4) is 0 Å². The third-order valence-corrected chi connectivity index (χ3v) is 4.70. The van der Waals surface area contributed by atoms with E-state index in [-0.39, 0.29) is 12.1 Å². The minimum absolute atomic E-state index is 0.203. The van der Waals surface area contributed by atoms with Gasteiger partial charge in [0, 0.05) is 25.5 Å². The number of aryl methyl sites for hydroxylation is 2. The summed E-state index contributed by atoms with van der Waals surface area (Å²) in [6.45, 7) is 5.34. The van der Waals surface area contributed by atoms with Crippen molar-refractivity contribution < 1.29 is 9.15 Å². The zero-order valence-corrected chi connectivity index (χ0v) is 15.5. The quantitative estimate of drug-likeness (QED) is 0.474. The summed E-state index contributed by atoms with van der Waals surface area (Å²) in [4.78, 5) is 30.2. The first-order chi connectivity index (χ1) is 13.0. The van der Waals surface area contributed by atoms with Crippen molar-refractivity contribution in [1.29, 1.82) is 0 Å². The number of hydrogen-bond donors (Lipinski definition) is 0. The summed E-state index contributed by atoms with van der Waals surface area (Å²) in [5.41, 5.74) is 0.911. The number of hydrogen-bond acceptors (Lipinski definition) is 5. The third-order valence-electron chi connectivity index (χ3n) is 4.70. The fourth-order valence-electron chi connectivity index (χ4n) is 3.31. The zero-order chi connectivity index (χ0) is 19.1. The molecule has 0 atom stereocenters. The highest BCUT2D eigenvalue weighted by atomic mass is 16.5. The first-order valence-electron chi connectivity index (χ1n) is 8.80. The molecule has 0 unspecified atom stereocenters. The minimum atomic E-state index is -0.401. The molecule has 0 bridgehead atoms. The van der Waals surface area contributed by atoms with Crippen molar-refractivity contribution in [3.05, 3.63) is 56.9 Å². The van der Waals surface area contributed by atoms with E-state index in [1.807, 2.05) is 36.7 Å². The Morgan fingerprint density at radius 3 is 2.78 bits per heavy atom. The number of imidazole rings is 2. The van der Waals surface area contributed by atoms with Gasteiger partial charge in [0.25, 0.3) is 5.56 Å². The molecule has 0 aliphatic rings. The van der Waals surface area contributed by atoms with Crippen LogP contribution in [0.4, 0.5) is 0 Å². The summed E-state index contributed by atoms with van der Waals surface area (Å²) in [6.07, 6.45) is 3.47. The Balaban J connectivity index is 1.93. The van der Waals surface area contributed by atoms with Gasteiger partial charge in [0.2, 0.25) is 5.78 Å². The van der Waals surface area contributed by atoms with Crippen molar-refractivity contribution >= 4 is 16.9 Å². The molecule has 0 radical (unpaired) electrons. The maximum Gasteiger partial charge on any atom is 0.332 e. The molecule has 0 aliphatic carbocycles. The van der Waals surface area contributed by atoms with Crippen LogP contribution in [0.2, 0.25) is 0 Å². The van der Waals surface area contributed by atoms with Crippen LogP contribution in [0.5, 0.6) is 0 Å². The van der Waals surface area contributed by atoms with Gasteiger partial charge in [0.15, 0.2) is 11.2 Å². The van der Waals surface area contributed by atoms with Crippen LogP contribution in [0.25, 0.3) is 16.9 Å². The zero-order valence-electron chi connectivity index (χ0n) is 15.5. The lowest BCUT2D eigenvalue weighted by Crippen LogP contribution is -2.40. The van der Waals surface area contributed by atoms with E-state index in [2.05, 4.69) is 4.98 Å². The summed E-state index contributed by atoms with van der Waals surface area (Å²) in [5.74, 6) is 1.37. The van der Waals surface area contributed by atoms with Gasteiger partial charge in [-0.2, -0.15) is 4.98 Å². The second-order valence-corrected chi connectivity index (χ2v) is 6.39. The summed E-state index contributed by atoms with van der Waals surface area (Å²) >= 11 is 0. The normalized spacial score (nSPS) is 11.8. The van der Waals surface area contributed by atoms with Gasteiger partial charge in [-0.05, 0) is 26.0 Å². The van der Waals surface area contributed by atoms with E-state index in [0.29, 0.717) is 36.7 Å². The first-order valence-corrected chi connectivity index (χ1v) is 8.80. The Labute approximate surface area is 154 Å². The molecule has 4 rings (SSSR count). The Hall–Kier alpha value is -3.07. The van der Waals surface area contributed by atoms with Gasteiger partial charge in [-0.25, -0.2) is 4.79 Å². The van der Waals surface area contributed by atoms with Crippen molar-refractivity contribution in [2.75, 3.05) is 13.2 Å². The largest absolute Gasteiger partial charge is 0.467 e. The molecule has 0 aromatic carbocycles. The van der Waals surface area contributed by atoms with Gasteiger partial charge < -0.3 is 13.7 Å². The monoisotopic (exact) mass is 371 g/mol. The maximum absolute atomic E-state index is 13.0. The molecule has 0 spiro atoms. The lowest BCUT2D eigenvalue weighted by Gasteiger charge is -2.07. The van der Waals surface area contributed by atoms with Crippen LogP contribution < -0.4 is 11.2 Å². The third kappa shape index (κ3) is 2.71. The standard InChI is InChI=1S/C18H21N5O4/c1-4-26-9-7-21-16(24)14-15(20(3)18(21)25)19-17-22(12(2)10-23(14)17)11-13-6-5-8-27-13/h5-6,8,10H,4,7,9,11H2,1-3H3. The highest BCUT2D eigenvalue weighted by molar-refractivity contribution is 5.75. The van der Waals surface area contributed by atoms with Gasteiger partial charge in [-0.15, -0.1) is 0 Å². The second kappa shape index (κ2) is 6.58. The van der Waals surface area contributed by atoms with Crippen LogP contribution >= 0.6 is 0 Å². The van der Waals surface area contributed by atoms with Crippen molar-refractivity contribution in [1.82, 2.24) is 23.1 Å². The lowest BCUT2D eigenvalue weighted by molar-refractivity contribution is 0.137. The van der Waals surface area contributed by atoms with E-state index >= 15 is 0 Å². The molecule has 9 nitrogen and oxygen atoms in total. The topological polar surface area (TPSA) is 88.6 Å². The number of nitrogens with zero attached hydrogens (tertiary/aromatic N) is 5. The van der Waals surface area contributed by atoms with E-state index in [0.717, 1.165) is 11.5 Å². The molecule has 0 saturated carbocycles. The SMILES string of the molecule is CCOCCn1c(=O)c2c(nc3n(Cc4ccco4)c(C)cn23)n(C)c1=O. The molecule has 0 amide bonds. The Morgan fingerprint density at radius 1 is 1.26 bits per heavy atom. The summed E-state index contributed by atoms with van der Waals surface area (Å²) in [7, 11) is 1.62. The number of aromatic nitrogens is 5. The van der Waals surface area contributed by atoms with Crippen LogP contribution in [-0.4, -0.2) is 36.3 Å². The highest BCUT2D eigenvalue weighted by Crippen LogP contribution is 2.18. The lowest BCUT2D eigenvalue weighted by atomic mass is 10.4. The van der Waals surface area contributed by atoms with Gasteiger partial charge in [-0.1, -0.05) is 0 Å². The van der Waals surface area contributed by atoms with Crippen LogP contribution in [0.15, 0.2) is 38.6 Å². The van der Waals surface area contributed by atoms with Crippen LogP contribution in [0, 0.1) is 6.92 Å². The summed E-state index contributed by atoms with van der Waals surface area (Å²) in [5, 5.41) is 0. The molecule has 4 aromatic heterocycles. The van der Waals surface area contributed by atoms with Crippen molar-refractivity contribution in [2.45, 2.75) is 26.9 Å². The maximum atomic E-state index is 13.0. The fraction of sp³-hybridized carbons (Fsp3) is 0.389. The van der Waals surface area contributed by atoms with Crippen molar-refractivity contribution in [2.24, 2.45) is 7.05 Å². The molecule has 4 aromatic rings. The fourth-order valence-corrected chi connectivity index (χ4v) is 3.31. The Morgan fingerprint density at radius 2 is 2.07 bits per heavy atom. The molecule has 0 N–H and O–H groups in total. The number of fused-ring (bicyclic) bond motifs is 3. The molecule has 142 valence electrons. The summed E-state index contributed by atoms with van der Waals surface area (Å²) < 4.78 is 17.0. The number of rotatable bonds is 6. The van der Waals surface area contributed by atoms with Gasteiger partial charge in [-0.3, -0.25) is 18.3 Å². The van der Waals surface area contributed by atoms with E-state index in [9.17, 15) is 9.59 Å². The highest BCUT2D eigenvalue weighted by Gasteiger charge is 2.20. The smallest absolute Gasteiger partial charge is 0.332 e. The molecule has 0 aliphatic heterocycles. The molecule has 9 heteroatoms. The molecule has 27 heavy (non-hydrogen) atoms. The van der Waals surface area contributed by atoms with E-state index < -0.39 is 5.69 Å². The van der Waals surface area contributed by atoms with Gasteiger partial charge in [0.05, 0.1) is 26.0 Å².